The molecule has 27 heavy (non-hydrogen) atoms. The monoisotopic (exact) mass is 427 g/mol. The lowest BCUT2D eigenvalue weighted by atomic mass is 9.79. The Morgan fingerprint density at radius 3 is 2.59 bits per heavy atom. The molecule has 4 rings (SSSR count). The predicted molar refractivity (Wildman–Crippen MR) is 108 cm³/mol. The molecular weight excluding hydrogens is 406 g/mol. The van der Waals surface area contributed by atoms with Crippen molar-refractivity contribution in [2.75, 3.05) is 6.61 Å². The number of halogens is 1. The Morgan fingerprint density at radius 2 is 1.85 bits per heavy atom. The van der Waals surface area contributed by atoms with Crippen molar-refractivity contribution in [3.05, 3.63) is 64.1 Å². The van der Waals surface area contributed by atoms with Crippen molar-refractivity contribution in [3.63, 3.8) is 0 Å². The standard InChI is InChI=1S/C22H22BrNO3/c1-22(2,3)27-21(25)20-18(13-8-4-6-10-16(13)23)15-12-26-17-11-7-5-9-14(17)19(15)24-20/h4-11,15,18,20H,12H2,1-3H3/t15-,18-,20-/m1/s1. The van der Waals surface area contributed by atoms with Crippen LogP contribution in [0.15, 0.2) is 58.0 Å². The average Bonchev–Trinajstić information content (AvgIpc) is 3.01. The predicted octanol–water partition coefficient (Wildman–Crippen LogP) is 4.75. The molecule has 0 unspecified atom stereocenters. The topological polar surface area (TPSA) is 47.9 Å². The molecule has 2 aromatic rings. The molecule has 0 saturated heterocycles. The largest absolute Gasteiger partial charge is 0.492 e. The molecule has 2 aliphatic heterocycles. The second-order valence-corrected chi connectivity index (χ2v) is 8.81. The van der Waals surface area contributed by atoms with Crippen molar-refractivity contribution in [1.82, 2.24) is 0 Å². The highest BCUT2D eigenvalue weighted by Crippen LogP contribution is 2.45. The number of nitrogens with zero attached hydrogens (tertiary/aromatic N) is 1. The molecule has 0 aromatic heterocycles. The molecule has 5 heteroatoms. The lowest BCUT2D eigenvalue weighted by molar-refractivity contribution is -0.156. The minimum absolute atomic E-state index is 0.0103. The third kappa shape index (κ3) is 3.41. The molecule has 0 amide bonds. The maximum absolute atomic E-state index is 13.0. The van der Waals surface area contributed by atoms with Crippen LogP contribution >= 0.6 is 15.9 Å². The number of carbonyl (C=O) groups excluding carboxylic acids is 1. The van der Waals surface area contributed by atoms with E-state index in [1.165, 1.54) is 0 Å². The van der Waals surface area contributed by atoms with Gasteiger partial charge in [-0.25, -0.2) is 4.79 Å². The first-order chi connectivity index (χ1) is 12.8. The van der Waals surface area contributed by atoms with E-state index in [-0.39, 0.29) is 17.8 Å². The molecule has 0 radical (unpaired) electrons. The molecule has 0 fully saturated rings. The van der Waals surface area contributed by atoms with E-state index in [0.717, 1.165) is 27.1 Å². The van der Waals surface area contributed by atoms with Crippen LogP contribution in [0.4, 0.5) is 0 Å². The van der Waals surface area contributed by atoms with Gasteiger partial charge in [0.1, 0.15) is 11.4 Å². The summed E-state index contributed by atoms with van der Waals surface area (Å²) >= 11 is 3.65. The molecule has 2 aromatic carbocycles. The molecule has 0 N–H and O–H groups in total. The van der Waals surface area contributed by atoms with Gasteiger partial charge in [-0.2, -0.15) is 0 Å². The van der Waals surface area contributed by atoms with Crippen molar-refractivity contribution >= 4 is 27.6 Å². The van der Waals surface area contributed by atoms with E-state index in [1.807, 2.05) is 69.3 Å². The van der Waals surface area contributed by atoms with Gasteiger partial charge in [0.2, 0.25) is 0 Å². The van der Waals surface area contributed by atoms with Gasteiger partial charge in [0.25, 0.3) is 0 Å². The van der Waals surface area contributed by atoms with E-state index in [2.05, 4.69) is 15.9 Å². The van der Waals surface area contributed by atoms with Crippen molar-refractivity contribution in [1.29, 1.82) is 0 Å². The highest BCUT2D eigenvalue weighted by molar-refractivity contribution is 9.10. The van der Waals surface area contributed by atoms with Crippen LogP contribution in [0.1, 0.15) is 37.8 Å². The number of ether oxygens (including phenoxy) is 2. The first-order valence-corrected chi connectivity index (χ1v) is 9.91. The lowest BCUT2D eigenvalue weighted by Gasteiger charge is -2.30. The minimum atomic E-state index is -0.585. The third-order valence-corrected chi connectivity index (χ3v) is 5.62. The summed E-state index contributed by atoms with van der Waals surface area (Å²) in [4.78, 5) is 17.9. The zero-order valence-corrected chi connectivity index (χ0v) is 17.2. The Balaban J connectivity index is 1.80. The third-order valence-electron chi connectivity index (χ3n) is 4.90. The summed E-state index contributed by atoms with van der Waals surface area (Å²) in [6.45, 7) is 6.14. The summed E-state index contributed by atoms with van der Waals surface area (Å²) in [6.07, 6.45) is 0. The van der Waals surface area contributed by atoms with Crippen LogP contribution in [-0.4, -0.2) is 29.9 Å². The van der Waals surface area contributed by atoms with E-state index in [9.17, 15) is 4.79 Å². The molecule has 3 atom stereocenters. The lowest BCUT2D eigenvalue weighted by Crippen LogP contribution is -2.36. The number of para-hydroxylation sites is 1. The van der Waals surface area contributed by atoms with Crippen LogP contribution in [0.5, 0.6) is 5.75 Å². The van der Waals surface area contributed by atoms with E-state index in [1.54, 1.807) is 0 Å². The zero-order valence-electron chi connectivity index (χ0n) is 15.6. The second kappa shape index (κ2) is 6.79. The number of benzene rings is 2. The zero-order chi connectivity index (χ0) is 19.2. The number of hydrogen-bond acceptors (Lipinski definition) is 4. The van der Waals surface area contributed by atoms with Crippen molar-refractivity contribution < 1.29 is 14.3 Å². The van der Waals surface area contributed by atoms with Crippen molar-refractivity contribution in [2.45, 2.75) is 38.3 Å². The van der Waals surface area contributed by atoms with Gasteiger partial charge >= 0.3 is 5.97 Å². The summed E-state index contributed by atoms with van der Waals surface area (Å²) < 4.78 is 12.7. The molecule has 0 saturated carbocycles. The molecule has 0 aliphatic carbocycles. The highest BCUT2D eigenvalue weighted by Gasteiger charge is 2.48. The molecule has 2 heterocycles. The van der Waals surface area contributed by atoms with Gasteiger partial charge in [0.05, 0.1) is 12.3 Å². The fourth-order valence-corrected chi connectivity index (χ4v) is 4.39. The quantitative estimate of drug-likeness (QED) is 0.649. The number of aliphatic imine (C=N–C) groups is 1. The first kappa shape index (κ1) is 18.2. The van der Waals surface area contributed by atoms with Gasteiger partial charge in [0.15, 0.2) is 6.04 Å². The molecular formula is C22H22BrNO3. The van der Waals surface area contributed by atoms with Crippen LogP contribution in [0.3, 0.4) is 0 Å². The fourth-order valence-electron chi connectivity index (χ4n) is 3.85. The van der Waals surface area contributed by atoms with Gasteiger partial charge in [-0.3, -0.25) is 4.99 Å². The maximum atomic E-state index is 13.0. The van der Waals surface area contributed by atoms with E-state index in [0.29, 0.717) is 6.61 Å². The average molecular weight is 428 g/mol. The summed E-state index contributed by atoms with van der Waals surface area (Å²) in [5.74, 6) is 0.417. The van der Waals surface area contributed by atoms with E-state index in [4.69, 9.17) is 14.5 Å². The van der Waals surface area contributed by atoms with Gasteiger partial charge in [-0.1, -0.05) is 46.3 Å². The SMILES string of the molecule is CC(C)(C)OC(=O)[C@@H]1N=C2c3ccccc3OC[C@@H]2[C@H]1c1ccccc1Br. The van der Waals surface area contributed by atoms with Crippen LogP contribution in [0.2, 0.25) is 0 Å². The molecule has 0 bridgehead atoms. The normalized spacial score (nSPS) is 23.7. The molecule has 4 nitrogen and oxygen atoms in total. The fraction of sp³-hybridized carbons (Fsp3) is 0.364. The summed E-state index contributed by atoms with van der Waals surface area (Å²) in [6, 6.07) is 15.3. The van der Waals surface area contributed by atoms with Gasteiger partial charge in [-0.05, 0) is 44.5 Å². The van der Waals surface area contributed by atoms with E-state index >= 15 is 0 Å². The number of rotatable bonds is 2. The Hall–Kier alpha value is -2.14. The first-order valence-electron chi connectivity index (χ1n) is 9.12. The van der Waals surface area contributed by atoms with Gasteiger partial charge < -0.3 is 9.47 Å². The van der Waals surface area contributed by atoms with Gasteiger partial charge in [0, 0.05) is 21.9 Å². The second-order valence-electron chi connectivity index (χ2n) is 7.95. The Bertz CT molecular complexity index is 916. The minimum Gasteiger partial charge on any atom is -0.492 e. The van der Waals surface area contributed by atoms with Crippen molar-refractivity contribution in [3.8, 4) is 5.75 Å². The number of carbonyl (C=O) groups is 1. The van der Waals surface area contributed by atoms with E-state index < -0.39 is 11.6 Å². The van der Waals surface area contributed by atoms with Crippen LogP contribution < -0.4 is 4.74 Å². The van der Waals surface area contributed by atoms with Crippen LogP contribution in [-0.2, 0) is 9.53 Å². The van der Waals surface area contributed by atoms with Crippen LogP contribution in [0, 0.1) is 5.92 Å². The number of hydrogen-bond donors (Lipinski definition) is 0. The molecule has 2 aliphatic rings. The summed E-state index contributed by atoms with van der Waals surface area (Å²) in [5, 5.41) is 0. The van der Waals surface area contributed by atoms with Crippen LogP contribution in [0.25, 0.3) is 0 Å². The number of fused-ring (bicyclic) bond motifs is 3. The maximum Gasteiger partial charge on any atom is 0.332 e. The molecule has 0 spiro atoms. The molecule has 140 valence electrons. The Morgan fingerprint density at radius 1 is 1.15 bits per heavy atom. The van der Waals surface area contributed by atoms with Gasteiger partial charge in [-0.15, -0.1) is 0 Å². The summed E-state index contributed by atoms with van der Waals surface area (Å²) in [5.41, 5.74) is 2.41. The number of esters is 1. The Kier molecular flexibility index (Phi) is 4.58. The highest BCUT2D eigenvalue weighted by atomic mass is 79.9. The Labute approximate surface area is 167 Å². The smallest absolute Gasteiger partial charge is 0.332 e. The summed E-state index contributed by atoms with van der Waals surface area (Å²) in [7, 11) is 0. The van der Waals surface area contributed by atoms with Crippen molar-refractivity contribution in [2.24, 2.45) is 10.9 Å².